The van der Waals surface area contributed by atoms with Crippen LogP contribution in [0.4, 0.5) is 0 Å². The minimum atomic E-state index is -3.38. The van der Waals surface area contributed by atoms with E-state index in [0.29, 0.717) is 5.96 Å². The highest BCUT2D eigenvalue weighted by Gasteiger charge is 2.15. The largest absolute Gasteiger partial charge is 0.355 e. The summed E-state index contributed by atoms with van der Waals surface area (Å²) >= 11 is 3.28. The van der Waals surface area contributed by atoms with Crippen LogP contribution >= 0.6 is 39.9 Å². The fraction of sp³-hybridized carbons (Fsp3) is 0.500. The Hall–Kier alpha value is -0.880. The molecule has 0 unspecified atom stereocenters. The molecule has 0 saturated heterocycles. The van der Waals surface area contributed by atoms with Gasteiger partial charge in [-0.1, -0.05) is 15.9 Å². The summed E-state index contributed by atoms with van der Waals surface area (Å²) in [4.78, 5) is 16.0. The second-order valence-corrected chi connectivity index (χ2v) is 9.45. The predicted octanol–water partition coefficient (Wildman–Crippen LogP) is 1.92. The van der Waals surface area contributed by atoms with E-state index < -0.39 is 9.84 Å². The van der Waals surface area contributed by atoms with Gasteiger partial charge in [-0.15, -0.1) is 24.0 Å². The van der Waals surface area contributed by atoms with Crippen molar-refractivity contribution >= 4 is 61.6 Å². The summed E-state index contributed by atoms with van der Waals surface area (Å²) in [5, 5.41) is 8.57. The predicted molar refractivity (Wildman–Crippen MR) is 119 cm³/mol. The summed E-state index contributed by atoms with van der Waals surface area (Å²) in [5.74, 6) is 0.122. The average Bonchev–Trinajstić information content (AvgIpc) is 2.49. The van der Waals surface area contributed by atoms with Crippen molar-refractivity contribution in [3.05, 3.63) is 28.7 Å². The van der Waals surface area contributed by atoms with Gasteiger partial charge in [0.05, 0.1) is 17.2 Å². The first-order chi connectivity index (χ1) is 11.5. The van der Waals surface area contributed by atoms with E-state index in [4.69, 9.17) is 0 Å². The highest BCUT2D eigenvalue weighted by Crippen LogP contribution is 2.15. The van der Waals surface area contributed by atoms with E-state index in [-0.39, 0.29) is 59.2 Å². The molecule has 0 bridgehead atoms. The number of carbonyl (C=O) groups is 1. The minimum Gasteiger partial charge on any atom is -0.355 e. The minimum absolute atomic E-state index is 0. The molecule has 0 aromatic heterocycles. The quantitative estimate of drug-likeness (QED) is 0.280. The zero-order chi connectivity index (χ0) is 19.1. The Bertz CT molecular complexity index is 716. The van der Waals surface area contributed by atoms with Crippen molar-refractivity contribution in [3.63, 3.8) is 0 Å². The van der Waals surface area contributed by atoms with Crippen LogP contribution in [0.2, 0.25) is 0 Å². The molecule has 0 aliphatic heterocycles. The van der Waals surface area contributed by atoms with Crippen molar-refractivity contribution in [2.75, 3.05) is 25.9 Å². The number of rotatable bonds is 6. The summed E-state index contributed by atoms with van der Waals surface area (Å²) < 4.78 is 25.3. The molecule has 10 heteroatoms. The zero-order valence-electron chi connectivity index (χ0n) is 15.3. The van der Waals surface area contributed by atoms with Gasteiger partial charge >= 0.3 is 0 Å². The maximum atomic E-state index is 12.3. The fourth-order valence-corrected chi connectivity index (χ4v) is 3.33. The van der Waals surface area contributed by atoms with E-state index in [0.717, 1.165) is 4.47 Å². The van der Waals surface area contributed by atoms with Crippen molar-refractivity contribution < 1.29 is 13.2 Å². The lowest BCUT2D eigenvalue weighted by atomic mass is 10.1. The molecule has 0 fully saturated rings. The van der Waals surface area contributed by atoms with E-state index in [1.54, 1.807) is 31.3 Å². The first kappa shape index (κ1) is 25.1. The Morgan fingerprint density at radius 1 is 1.15 bits per heavy atom. The number of nitrogens with zero attached hydrogens (tertiary/aromatic N) is 1. The van der Waals surface area contributed by atoms with Gasteiger partial charge in [0.15, 0.2) is 15.8 Å². The first-order valence-corrected chi connectivity index (χ1v) is 10.2. The Labute approximate surface area is 180 Å². The van der Waals surface area contributed by atoms with Crippen LogP contribution in [0.3, 0.4) is 0 Å². The maximum absolute atomic E-state index is 12.3. The van der Waals surface area contributed by atoms with Gasteiger partial charge in [-0.05, 0) is 45.0 Å². The molecule has 1 amide bonds. The lowest BCUT2D eigenvalue weighted by molar-refractivity contribution is -0.121. The van der Waals surface area contributed by atoms with E-state index in [1.165, 1.54) is 0 Å². The van der Waals surface area contributed by atoms with Gasteiger partial charge in [0.25, 0.3) is 0 Å². The lowest BCUT2D eigenvalue weighted by Gasteiger charge is -2.21. The maximum Gasteiger partial charge on any atom is 0.239 e. The monoisotopic (exact) mass is 560 g/mol. The highest BCUT2D eigenvalue weighted by molar-refractivity contribution is 14.0. The topological polar surface area (TPSA) is 99.7 Å². The average molecular weight is 561 g/mol. The summed E-state index contributed by atoms with van der Waals surface area (Å²) in [6.07, 6.45) is 0. The molecular weight excluding hydrogens is 535 g/mol. The molecule has 0 aliphatic rings. The summed E-state index contributed by atoms with van der Waals surface area (Å²) in [5.41, 5.74) is -0.311. The molecular formula is C16H26BrIN4O3S. The standard InChI is InChI=1S/C16H25BrN4O3S.HI/c1-16(2,3)21-14(22)11-20-15(18-4)19-9-10-25(23,24)13-7-5-12(17)6-8-13;/h5-8H,9-11H2,1-4H3,(H,21,22)(H2,18,19,20);1H. The third kappa shape index (κ3) is 9.72. The number of aliphatic imine (C=N–C) groups is 1. The molecule has 1 aromatic carbocycles. The number of nitrogens with one attached hydrogen (secondary N) is 3. The number of hydrogen-bond acceptors (Lipinski definition) is 4. The second kappa shape index (κ2) is 11.1. The van der Waals surface area contributed by atoms with Crippen LogP contribution < -0.4 is 16.0 Å². The molecule has 1 aromatic rings. The van der Waals surface area contributed by atoms with Crippen LogP contribution in [0.5, 0.6) is 0 Å². The zero-order valence-corrected chi connectivity index (χ0v) is 20.0. The third-order valence-corrected chi connectivity index (χ3v) is 5.25. The molecule has 0 saturated carbocycles. The molecule has 0 atom stereocenters. The van der Waals surface area contributed by atoms with E-state index in [9.17, 15) is 13.2 Å². The number of hydrogen-bond donors (Lipinski definition) is 3. The van der Waals surface area contributed by atoms with Crippen LogP contribution in [-0.4, -0.2) is 51.7 Å². The Morgan fingerprint density at radius 3 is 2.23 bits per heavy atom. The van der Waals surface area contributed by atoms with Gasteiger partial charge in [0.1, 0.15) is 0 Å². The molecule has 26 heavy (non-hydrogen) atoms. The molecule has 1 rings (SSSR count). The van der Waals surface area contributed by atoms with E-state index in [2.05, 4.69) is 36.9 Å². The van der Waals surface area contributed by atoms with Crippen LogP contribution in [0.15, 0.2) is 38.6 Å². The van der Waals surface area contributed by atoms with Gasteiger partial charge in [-0.3, -0.25) is 9.79 Å². The van der Waals surface area contributed by atoms with Crippen LogP contribution in [0, 0.1) is 0 Å². The van der Waals surface area contributed by atoms with Gasteiger partial charge in [-0.25, -0.2) is 8.42 Å². The summed E-state index contributed by atoms with van der Waals surface area (Å²) in [6, 6.07) is 6.50. The van der Waals surface area contributed by atoms with Gasteiger partial charge in [-0.2, -0.15) is 0 Å². The Morgan fingerprint density at radius 2 is 1.73 bits per heavy atom. The molecule has 148 valence electrons. The molecule has 3 N–H and O–H groups in total. The van der Waals surface area contributed by atoms with Crippen molar-refractivity contribution in [3.8, 4) is 0 Å². The Balaban J connectivity index is 0.00000625. The first-order valence-electron chi connectivity index (χ1n) is 7.77. The van der Waals surface area contributed by atoms with E-state index >= 15 is 0 Å². The number of sulfone groups is 1. The molecule has 0 radical (unpaired) electrons. The highest BCUT2D eigenvalue weighted by atomic mass is 127. The SMILES string of the molecule is CN=C(NCCS(=O)(=O)c1ccc(Br)cc1)NCC(=O)NC(C)(C)C.I. The Kier molecular flexibility index (Phi) is 10.7. The van der Waals surface area contributed by atoms with Crippen LogP contribution in [0.25, 0.3) is 0 Å². The normalized spacial score (nSPS) is 12.1. The van der Waals surface area contributed by atoms with Gasteiger partial charge in [0.2, 0.25) is 5.91 Å². The van der Waals surface area contributed by atoms with Crippen molar-refractivity contribution in [2.45, 2.75) is 31.2 Å². The fourth-order valence-electron chi connectivity index (χ4n) is 1.91. The third-order valence-electron chi connectivity index (χ3n) is 2.99. The smallest absolute Gasteiger partial charge is 0.239 e. The van der Waals surface area contributed by atoms with Gasteiger partial charge in [0, 0.05) is 23.6 Å². The van der Waals surface area contributed by atoms with Crippen LogP contribution in [-0.2, 0) is 14.6 Å². The molecule has 7 nitrogen and oxygen atoms in total. The van der Waals surface area contributed by atoms with Crippen molar-refractivity contribution in [1.29, 1.82) is 0 Å². The second-order valence-electron chi connectivity index (χ2n) is 6.42. The van der Waals surface area contributed by atoms with Gasteiger partial charge < -0.3 is 16.0 Å². The van der Waals surface area contributed by atoms with Crippen molar-refractivity contribution in [2.24, 2.45) is 4.99 Å². The van der Waals surface area contributed by atoms with Crippen LogP contribution in [0.1, 0.15) is 20.8 Å². The molecule has 0 heterocycles. The number of carbonyl (C=O) groups excluding carboxylic acids is 1. The molecule has 0 spiro atoms. The summed E-state index contributed by atoms with van der Waals surface area (Å²) in [7, 11) is -1.83. The number of amides is 1. The van der Waals surface area contributed by atoms with E-state index in [1.807, 2.05) is 20.8 Å². The number of benzene rings is 1. The lowest BCUT2D eigenvalue weighted by Crippen LogP contribution is -2.48. The molecule has 0 aliphatic carbocycles. The number of halogens is 2. The number of guanidine groups is 1. The summed E-state index contributed by atoms with van der Waals surface area (Å²) in [6.45, 7) is 5.91. The van der Waals surface area contributed by atoms with Crippen molar-refractivity contribution in [1.82, 2.24) is 16.0 Å².